The average Bonchev–Trinajstić information content (AvgIpc) is 2.14. The lowest BCUT2D eigenvalue weighted by molar-refractivity contribution is 2.15. The quantitative estimate of drug-likeness (QED) is 0.370. The minimum absolute atomic E-state index is 0.397. The minimum atomic E-state index is 0.397. The Labute approximate surface area is 51.7 Å². The second-order valence-electron chi connectivity index (χ2n) is 1.51. The molecule has 0 atom stereocenters. The summed E-state index contributed by atoms with van der Waals surface area (Å²) in [5.74, 6) is 0. The van der Waals surface area contributed by atoms with Crippen LogP contribution in [0, 0.1) is 0 Å². The summed E-state index contributed by atoms with van der Waals surface area (Å²) in [6.45, 7) is 0. The van der Waals surface area contributed by atoms with E-state index in [0.29, 0.717) is 18.5 Å². The fourth-order valence-corrected chi connectivity index (χ4v) is 7.53. The van der Waals surface area contributed by atoms with Crippen LogP contribution >= 0.6 is 10.3 Å². The lowest BCUT2D eigenvalue weighted by Crippen LogP contribution is -1.82. The highest BCUT2D eigenvalue weighted by Crippen LogP contribution is 2.28. The Balaban J connectivity index is 2.44. The van der Waals surface area contributed by atoms with E-state index < -0.39 is 0 Å². The Kier molecular flexibility index (Phi) is 1.96. The van der Waals surface area contributed by atoms with Crippen LogP contribution in [0.15, 0.2) is 23.0 Å². The molecule has 3 heteroatoms. The fourth-order valence-electron chi connectivity index (χ4n) is 0.581. The summed E-state index contributed by atoms with van der Waals surface area (Å²) in [6, 6.07) is 0. The molecule has 40 valence electrons. The molecule has 0 bridgehead atoms. The molecule has 0 radical (unpaired) electrons. The second-order valence-corrected chi connectivity index (χ2v) is 13.6. The molecule has 0 aromatic heterocycles. The molecule has 0 fully saturated rings. The summed E-state index contributed by atoms with van der Waals surface area (Å²) in [5.41, 5.74) is 0. The summed E-state index contributed by atoms with van der Waals surface area (Å²) in [6.07, 6.45) is 4.38. The Morgan fingerprint density at radius 2 is 1.86 bits per heavy atom. The second kappa shape index (κ2) is 2.54. The van der Waals surface area contributed by atoms with Crippen molar-refractivity contribution in [2.75, 3.05) is 0 Å². The van der Waals surface area contributed by atoms with E-state index in [1.54, 1.807) is 0 Å². The van der Waals surface area contributed by atoms with Crippen LogP contribution in [0.4, 0.5) is 0 Å². The normalized spacial score (nSPS) is 23.7. The van der Waals surface area contributed by atoms with Gasteiger partial charge in [-0.3, -0.25) is 0 Å². The van der Waals surface area contributed by atoms with Crippen LogP contribution in [0.1, 0.15) is 0 Å². The molecule has 0 saturated heterocycles. The van der Waals surface area contributed by atoms with Gasteiger partial charge in [-0.15, -0.1) is 0 Å². The topological polar surface area (TPSA) is 0 Å². The Bertz CT molecular complexity index is 96.3. The lowest BCUT2D eigenvalue weighted by Gasteiger charge is -2.00. The lowest BCUT2D eigenvalue weighted by atomic mass is 10.6. The molecule has 0 spiro atoms. The monoisotopic (exact) mass is 146 g/mol. The predicted octanol–water partition coefficient (Wildman–Crippen LogP) is -0.607. The molecule has 0 aliphatic carbocycles. The smallest absolute Gasteiger partial charge is 0.0532 e. The van der Waals surface area contributed by atoms with E-state index in [0.717, 1.165) is 0 Å². The molecule has 1 aliphatic heterocycles. The van der Waals surface area contributed by atoms with Crippen molar-refractivity contribution < 1.29 is 0 Å². The van der Waals surface area contributed by atoms with Gasteiger partial charge in [0.15, 0.2) is 0 Å². The van der Waals surface area contributed by atoms with Gasteiger partial charge < -0.3 is 0 Å². The number of thiol groups is 1. The van der Waals surface area contributed by atoms with Crippen molar-refractivity contribution >= 4 is 28.3 Å². The predicted molar refractivity (Wildman–Crippen MR) is 45.7 cm³/mol. The van der Waals surface area contributed by atoms with E-state index in [1.165, 1.54) is 9.76 Å². The van der Waals surface area contributed by atoms with Crippen molar-refractivity contribution in [2.45, 2.75) is 0 Å². The number of rotatable bonds is 1. The van der Waals surface area contributed by atoms with Gasteiger partial charge in [-0.25, -0.2) is 10.3 Å². The Morgan fingerprint density at radius 3 is 2.14 bits per heavy atom. The maximum atomic E-state index is 2.38. The summed E-state index contributed by atoms with van der Waals surface area (Å²) < 4.78 is 0. The average molecular weight is 146 g/mol. The van der Waals surface area contributed by atoms with Crippen molar-refractivity contribution in [3.63, 3.8) is 0 Å². The van der Waals surface area contributed by atoms with Crippen molar-refractivity contribution in [1.29, 1.82) is 0 Å². The van der Waals surface area contributed by atoms with E-state index in [1.807, 2.05) is 0 Å². The van der Waals surface area contributed by atoms with Gasteiger partial charge in [-0.05, 0) is 0 Å². The highest BCUT2D eigenvalue weighted by Gasteiger charge is 1.91. The van der Waals surface area contributed by atoms with Crippen LogP contribution in [0.25, 0.3) is 0 Å². The molecule has 0 amide bonds. The first-order valence-electron chi connectivity index (χ1n) is 2.54. The highest BCUT2D eigenvalue weighted by molar-refractivity contribution is 8.44. The van der Waals surface area contributed by atoms with Gasteiger partial charge in [0, 0.05) is 9.76 Å². The Hall–Kier alpha value is 0.264. The van der Waals surface area contributed by atoms with Crippen LogP contribution < -0.4 is 0 Å². The molecule has 1 heterocycles. The number of hydrogen-bond acceptors (Lipinski definition) is 0. The molecule has 0 N–H and O–H groups in total. The molecule has 0 saturated carbocycles. The van der Waals surface area contributed by atoms with Crippen LogP contribution in [-0.2, 0) is 0 Å². The molecule has 0 aromatic rings. The standard InChI is InChI=1S/C4H10SSi2/c6-7-5-3-1-2-4-5/h1-5H,7H2,6H3. The van der Waals surface area contributed by atoms with Crippen molar-refractivity contribution in [2.24, 2.45) is 0 Å². The number of allylic oxidation sites excluding steroid dienone is 2. The van der Waals surface area contributed by atoms with E-state index in [2.05, 4.69) is 23.0 Å². The first-order valence-corrected chi connectivity index (χ1v) is 11.8. The van der Waals surface area contributed by atoms with E-state index in [-0.39, 0.29) is 0 Å². The summed E-state index contributed by atoms with van der Waals surface area (Å²) in [5, 5.41) is 4.77. The molecule has 7 heavy (non-hydrogen) atoms. The minimum Gasteiger partial charge on any atom is -0.235 e. The first-order chi connectivity index (χ1) is 3.43. The summed E-state index contributed by atoms with van der Waals surface area (Å²) >= 11 is 0. The zero-order chi connectivity index (χ0) is 5.11. The summed E-state index contributed by atoms with van der Waals surface area (Å²) in [4.78, 5) is 0. The zero-order valence-electron chi connectivity index (χ0n) is 4.46. The zero-order valence-corrected chi connectivity index (χ0v) is 8.77. The van der Waals surface area contributed by atoms with E-state index in [9.17, 15) is 0 Å². The van der Waals surface area contributed by atoms with Crippen LogP contribution in [0.2, 0.25) is 0 Å². The molecule has 1 aliphatic rings. The van der Waals surface area contributed by atoms with Crippen LogP contribution in [0.3, 0.4) is 0 Å². The van der Waals surface area contributed by atoms with Gasteiger partial charge in [0.25, 0.3) is 0 Å². The molecule has 0 unspecified atom stereocenters. The van der Waals surface area contributed by atoms with Gasteiger partial charge in [0.05, 0.1) is 8.19 Å². The fraction of sp³-hybridized carbons (Fsp3) is 0. The van der Waals surface area contributed by atoms with E-state index >= 15 is 0 Å². The molecule has 0 aromatic carbocycles. The molecule has 0 nitrogen and oxygen atoms in total. The van der Waals surface area contributed by atoms with Gasteiger partial charge >= 0.3 is 0 Å². The maximum absolute atomic E-state index is 2.38. The first kappa shape index (κ1) is 5.40. The molecular formula is C4H10SSi2. The van der Waals surface area contributed by atoms with E-state index in [4.69, 9.17) is 0 Å². The summed E-state index contributed by atoms with van der Waals surface area (Å²) in [7, 11) is 2.31. The highest BCUT2D eigenvalue weighted by atomic mass is 32.4. The third-order valence-corrected chi connectivity index (χ3v) is 12.9. The third-order valence-electron chi connectivity index (χ3n) is 1.03. The molecule has 1 rings (SSSR count). The number of hydrogen-bond donors (Lipinski definition) is 1. The SMILES string of the molecule is [SiH3][SiH2][SH]1C=CC=C1. The van der Waals surface area contributed by atoms with Gasteiger partial charge in [0.2, 0.25) is 0 Å². The largest absolute Gasteiger partial charge is 0.235 e. The van der Waals surface area contributed by atoms with Crippen molar-refractivity contribution in [3.05, 3.63) is 23.0 Å². The van der Waals surface area contributed by atoms with Crippen LogP contribution in [-0.4, -0.2) is 17.9 Å². The third kappa shape index (κ3) is 1.33. The molecular weight excluding hydrogens is 136 g/mol. The maximum Gasteiger partial charge on any atom is 0.0532 e. The van der Waals surface area contributed by atoms with Crippen molar-refractivity contribution in [3.8, 4) is 0 Å². The Morgan fingerprint density at radius 1 is 1.29 bits per heavy atom. The van der Waals surface area contributed by atoms with Gasteiger partial charge in [-0.2, -0.15) is 0 Å². The van der Waals surface area contributed by atoms with Gasteiger partial charge in [-0.1, -0.05) is 23.0 Å². The van der Waals surface area contributed by atoms with Crippen LogP contribution in [0.5, 0.6) is 0 Å². The van der Waals surface area contributed by atoms with Gasteiger partial charge in [0.1, 0.15) is 0 Å². The van der Waals surface area contributed by atoms with Crippen molar-refractivity contribution in [1.82, 2.24) is 0 Å².